The molecular weight excluding hydrogens is 262 g/mol. The second kappa shape index (κ2) is 6.53. The Bertz CT molecular complexity index is 347. The number of hydrogen-bond acceptors (Lipinski definition) is 4. The first-order valence-electron chi connectivity index (χ1n) is 8.96. The molecule has 2 N–H and O–H groups in total. The van der Waals surface area contributed by atoms with E-state index < -0.39 is 0 Å². The van der Waals surface area contributed by atoms with Crippen LogP contribution in [0.15, 0.2) is 0 Å². The minimum Gasteiger partial charge on any atom is -0.394 e. The molecule has 2 saturated heterocycles. The van der Waals surface area contributed by atoms with Crippen molar-refractivity contribution >= 4 is 0 Å². The van der Waals surface area contributed by atoms with Gasteiger partial charge in [0.15, 0.2) is 0 Å². The zero-order chi connectivity index (χ0) is 14.9. The van der Waals surface area contributed by atoms with Crippen molar-refractivity contribution in [3.05, 3.63) is 0 Å². The molecule has 0 radical (unpaired) electrons. The molecular formula is C17H33N3O. The minimum absolute atomic E-state index is 0.107. The molecule has 3 atom stereocenters. The number of aliphatic hydroxyl groups is 1. The maximum Gasteiger partial charge on any atom is 0.0611 e. The summed E-state index contributed by atoms with van der Waals surface area (Å²) in [5.41, 5.74) is -0.107. The van der Waals surface area contributed by atoms with Crippen molar-refractivity contribution in [1.29, 1.82) is 0 Å². The summed E-state index contributed by atoms with van der Waals surface area (Å²) in [6.07, 6.45) is 7.78. The lowest BCUT2D eigenvalue weighted by Crippen LogP contribution is -2.59. The van der Waals surface area contributed by atoms with Gasteiger partial charge in [-0.05, 0) is 52.5 Å². The van der Waals surface area contributed by atoms with Gasteiger partial charge >= 0.3 is 0 Å². The van der Waals surface area contributed by atoms with E-state index in [1.165, 1.54) is 58.3 Å². The van der Waals surface area contributed by atoms with Gasteiger partial charge in [-0.3, -0.25) is 9.80 Å². The van der Waals surface area contributed by atoms with Crippen LogP contribution in [-0.2, 0) is 0 Å². The minimum atomic E-state index is -0.107. The quantitative estimate of drug-likeness (QED) is 0.778. The Hall–Kier alpha value is -0.160. The van der Waals surface area contributed by atoms with Crippen molar-refractivity contribution in [2.24, 2.45) is 0 Å². The van der Waals surface area contributed by atoms with E-state index in [1.807, 2.05) is 0 Å². The Labute approximate surface area is 129 Å². The Kier molecular flexibility index (Phi) is 4.89. The van der Waals surface area contributed by atoms with Crippen LogP contribution in [0.4, 0.5) is 0 Å². The van der Waals surface area contributed by atoms with E-state index in [0.717, 1.165) is 12.5 Å². The molecule has 0 aromatic heterocycles. The maximum atomic E-state index is 9.81. The van der Waals surface area contributed by atoms with E-state index in [-0.39, 0.29) is 12.1 Å². The lowest BCUT2D eigenvalue weighted by Gasteiger charge is -2.47. The van der Waals surface area contributed by atoms with Crippen molar-refractivity contribution in [2.75, 3.05) is 32.8 Å². The second-order valence-corrected chi connectivity index (χ2v) is 7.87. The van der Waals surface area contributed by atoms with E-state index >= 15 is 0 Å². The Morgan fingerprint density at radius 3 is 2.71 bits per heavy atom. The van der Waals surface area contributed by atoms with Crippen LogP contribution in [0, 0.1) is 0 Å². The Balaban J connectivity index is 1.53. The highest BCUT2D eigenvalue weighted by molar-refractivity contribution is 4.96. The van der Waals surface area contributed by atoms with Gasteiger partial charge in [0.2, 0.25) is 0 Å². The molecule has 0 aromatic carbocycles. The van der Waals surface area contributed by atoms with E-state index in [0.29, 0.717) is 12.1 Å². The molecule has 21 heavy (non-hydrogen) atoms. The molecule has 0 aromatic rings. The van der Waals surface area contributed by atoms with Gasteiger partial charge in [-0.1, -0.05) is 6.42 Å². The lowest BCUT2D eigenvalue weighted by molar-refractivity contribution is 0.0188. The summed E-state index contributed by atoms with van der Waals surface area (Å²) in [6, 6.07) is 1.99. The van der Waals surface area contributed by atoms with Gasteiger partial charge in [-0.25, -0.2) is 0 Å². The van der Waals surface area contributed by atoms with Crippen molar-refractivity contribution in [1.82, 2.24) is 15.1 Å². The zero-order valence-corrected chi connectivity index (χ0v) is 13.9. The predicted octanol–water partition coefficient (Wildman–Crippen LogP) is 1.44. The van der Waals surface area contributed by atoms with Gasteiger partial charge < -0.3 is 10.4 Å². The molecule has 3 rings (SSSR count). The fourth-order valence-corrected chi connectivity index (χ4v) is 4.25. The number of rotatable bonds is 6. The van der Waals surface area contributed by atoms with Crippen LogP contribution in [0.25, 0.3) is 0 Å². The molecule has 3 unspecified atom stereocenters. The van der Waals surface area contributed by atoms with Gasteiger partial charge in [-0.15, -0.1) is 0 Å². The summed E-state index contributed by atoms with van der Waals surface area (Å²) in [4.78, 5) is 5.36. The highest BCUT2D eigenvalue weighted by Crippen LogP contribution is 2.27. The average molecular weight is 295 g/mol. The van der Waals surface area contributed by atoms with Crippen LogP contribution in [-0.4, -0.2) is 71.4 Å². The van der Waals surface area contributed by atoms with E-state index in [9.17, 15) is 5.11 Å². The monoisotopic (exact) mass is 295 g/mol. The molecule has 3 fully saturated rings. The van der Waals surface area contributed by atoms with Crippen LogP contribution >= 0.6 is 0 Å². The summed E-state index contributed by atoms with van der Waals surface area (Å²) in [7, 11) is 0. The van der Waals surface area contributed by atoms with Crippen molar-refractivity contribution < 1.29 is 5.11 Å². The number of nitrogens with zero attached hydrogens (tertiary/aromatic N) is 2. The van der Waals surface area contributed by atoms with Crippen LogP contribution in [0.2, 0.25) is 0 Å². The first-order chi connectivity index (χ1) is 10.1. The highest BCUT2D eigenvalue weighted by Gasteiger charge is 2.36. The molecule has 4 heteroatoms. The zero-order valence-electron chi connectivity index (χ0n) is 13.9. The maximum absolute atomic E-state index is 9.81. The van der Waals surface area contributed by atoms with E-state index in [1.54, 1.807) is 0 Å². The first-order valence-corrected chi connectivity index (χ1v) is 8.96. The fourth-order valence-electron chi connectivity index (χ4n) is 4.25. The third-order valence-electron chi connectivity index (χ3n) is 5.72. The van der Waals surface area contributed by atoms with Gasteiger partial charge in [0.05, 0.1) is 6.61 Å². The van der Waals surface area contributed by atoms with Crippen LogP contribution < -0.4 is 5.32 Å². The van der Waals surface area contributed by atoms with Crippen molar-refractivity contribution in [3.8, 4) is 0 Å². The van der Waals surface area contributed by atoms with Crippen LogP contribution in [0.3, 0.4) is 0 Å². The van der Waals surface area contributed by atoms with Crippen molar-refractivity contribution in [3.63, 3.8) is 0 Å². The van der Waals surface area contributed by atoms with Crippen LogP contribution in [0.5, 0.6) is 0 Å². The number of aliphatic hydroxyl groups excluding tert-OH is 1. The third-order valence-corrected chi connectivity index (χ3v) is 5.72. The molecule has 1 aliphatic carbocycles. The molecule has 1 saturated carbocycles. The lowest BCUT2D eigenvalue weighted by atomic mass is 9.92. The normalized spacial score (nSPS) is 32.4. The molecule has 3 aliphatic rings. The summed E-state index contributed by atoms with van der Waals surface area (Å²) in [5, 5.41) is 13.5. The SMILES string of the molecule is CC(CC(C)(CO)NC1CC1)N1CCN2CCCCC2C1. The van der Waals surface area contributed by atoms with E-state index in [2.05, 4.69) is 29.0 Å². The predicted molar refractivity (Wildman–Crippen MR) is 86.5 cm³/mol. The Morgan fingerprint density at radius 1 is 1.19 bits per heavy atom. The largest absolute Gasteiger partial charge is 0.394 e. The summed E-state index contributed by atoms with van der Waals surface area (Å²) >= 11 is 0. The molecule has 0 spiro atoms. The molecule has 2 aliphatic heterocycles. The van der Waals surface area contributed by atoms with Gasteiger partial charge in [0.1, 0.15) is 0 Å². The topological polar surface area (TPSA) is 38.7 Å². The first kappa shape index (κ1) is 15.7. The fraction of sp³-hybridized carbons (Fsp3) is 1.00. The number of fused-ring (bicyclic) bond motifs is 1. The summed E-state index contributed by atoms with van der Waals surface area (Å²) in [6.45, 7) is 9.76. The van der Waals surface area contributed by atoms with Crippen molar-refractivity contribution in [2.45, 2.75) is 76.0 Å². The number of hydrogen-bond donors (Lipinski definition) is 2. The van der Waals surface area contributed by atoms with E-state index in [4.69, 9.17) is 0 Å². The van der Waals surface area contributed by atoms with Gasteiger partial charge in [-0.2, -0.15) is 0 Å². The molecule has 0 bridgehead atoms. The highest BCUT2D eigenvalue weighted by atomic mass is 16.3. The van der Waals surface area contributed by atoms with Crippen LogP contribution in [0.1, 0.15) is 52.4 Å². The average Bonchev–Trinajstić information content (AvgIpc) is 3.30. The third kappa shape index (κ3) is 3.98. The summed E-state index contributed by atoms with van der Waals surface area (Å²) < 4.78 is 0. The number of piperidine rings is 1. The molecule has 4 nitrogen and oxygen atoms in total. The van der Waals surface area contributed by atoms with Gasteiger partial charge in [0.25, 0.3) is 0 Å². The summed E-state index contributed by atoms with van der Waals surface area (Å²) in [5.74, 6) is 0. The standard InChI is InChI=1S/C17H33N3O/c1-14(11-17(2,13-21)18-15-6-7-15)20-10-9-19-8-4-3-5-16(19)12-20/h14-16,18,21H,3-13H2,1-2H3. The number of piperazine rings is 1. The molecule has 0 amide bonds. The second-order valence-electron chi connectivity index (χ2n) is 7.87. The molecule has 2 heterocycles. The van der Waals surface area contributed by atoms with Gasteiger partial charge in [0, 0.05) is 43.3 Å². The number of nitrogens with one attached hydrogen (secondary N) is 1. The smallest absolute Gasteiger partial charge is 0.0611 e. The Morgan fingerprint density at radius 2 is 2.00 bits per heavy atom. The molecule has 122 valence electrons.